The largest absolute Gasteiger partial charge is 0.477 e. The Morgan fingerprint density at radius 3 is 2.10 bits per heavy atom. The van der Waals surface area contributed by atoms with Crippen molar-refractivity contribution in [2.75, 3.05) is 5.32 Å². The molecule has 2 N–H and O–H groups in total. The summed E-state index contributed by atoms with van der Waals surface area (Å²) in [6.45, 7) is 6.27. The lowest BCUT2D eigenvalue weighted by atomic mass is 9.86. The minimum atomic E-state index is -1.24. The summed E-state index contributed by atoms with van der Waals surface area (Å²) >= 11 is 0.978. The third-order valence-electron chi connectivity index (χ3n) is 4.40. The van der Waals surface area contributed by atoms with Crippen molar-refractivity contribution < 1.29 is 23.5 Å². The van der Waals surface area contributed by atoms with Gasteiger partial charge in [0.15, 0.2) is 0 Å². The van der Waals surface area contributed by atoms with E-state index in [1.165, 1.54) is 6.07 Å². The molecular weight excluding hydrogens is 396 g/mol. The molecule has 29 heavy (non-hydrogen) atoms. The molecule has 0 saturated carbocycles. The van der Waals surface area contributed by atoms with E-state index in [-0.39, 0.29) is 16.0 Å². The van der Waals surface area contributed by atoms with Crippen LogP contribution >= 0.6 is 11.3 Å². The van der Waals surface area contributed by atoms with E-state index in [1.807, 2.05) is 24.3 Å². The first-order valence-corrected chi connectivity index (χ1v) is 9.63. The lowest BCUT2D eigenvalue weighted by molar-refractivity contribution is 0.0703. The number of carboxylic acid groups (broad SMARTS) is 1. The van der Waals surface area contributed by atoms with E-state index >= 15 is 0 Å². The minimum absolute atomic E-state index is 0.00921. The van der Waals surface area contributed by atoms with Gasteiger partial charge in [-0.3, -0.25) is 4.79 Å². The molecule has 1 amide bonds. The van der Waals surface area contributed by atoms with Gasteiger partial charge in [0.1, 0.15) is 22.1 Å². The van der Waals surface area contributed by atoms with E-state index in [0.717, 1.165) is 40.7 Å². The SMILES string of the molecule is CC(C)(C)c1ccc(-c2cc(NC(=O)c3c(F)cccc3F)c(C(=O)O)s2)cc1. The van der Waals surface area contributed by atoms with E-state index in [2.05, 4.69) is 26.1 Å². The Morgan fingerprint density at radius 1 is 1.00 bits per heavy atom. The van der Waals surface area contributed by atoms with Crippen LogP contribution in [0.5, 0.6) is 0 Å². The van der Waals surface area contributed by atoms with Gasteiger partial charge in [0.25, 0.3) is 5.91 Å². The van der Waals surface area contributed by atoms with Gasteiger partial charge in [-0.15, -0.1) is 11.3 Å². The number of anilines is 1. The number of amides is 1. The molecule has 150 valence electrons. The maximum Gasteiger partial charge on any atom is 0.348 e. The molecule has 0 aliphatic carbocycles. The molecule has 0 bridgehead atoms. The number of hydrogen-bond donors (Lipinski definition) is 2. The number of carbonyl (C=O) groups is 2. The molecule has 3 aromatic rings. The third kappa shape index (κ3) is 4.35. The number of rotatable bonds is 4. The summed E-state index contributed by atoms with van der Waals surface area (Å²) in [4.78, 5) is 24.5. The van der Waals surface area contributed by atoms with Crippen LogP contribution in [0.1, 0.15) is 46.4 Å². The lowest BCUT2D eigenvalue weighted by Crippen LogP contribution is -2.16. The van der Waals surface area contributed by atoms with Gasteiger partial charge >= 0.3 is 5.97 Å². The van der Waals surface area contributed by atoms with E-state index in [9.17, 15) is 23.5 Å². The van der Waals surface area contributed by atoms with E-state index in [4.69, 9.17) is 0 Å². The predicted molar refractivity (Wildman–Crippen MR) is 110 cm³/mol. The maximum atomic E-state index is 13.9. The Labute approximate surface area is 170 Å². The zero-order chi connectivity index (χ0) is 21.3. The molecule has 0 atom stereocenters. The van der Waals surface area contributed by atoms with Gasteiger partial charge in [-0.05, 0) is 34.7 Å². The van der Waals surface area contributed by atoms with Crippen LogP contribution in [0.2, 0.25) is 0 Å². The molecule has 0 aliphatic heterocycles. The van der Waals surface area contributed by atoms with E-state index in [0.29, 0.717) is 4.88 Å². The first kappa shape index (κ1) is 20.7. The van der Waals surface area contributed by atoms with Gasteiger partial charge in [-0.2, -0.15) is 0 Å². The van der Waals surface area contributed by atoms with Crippen LogP contribution in [-0.4, -0.2) is 17.0 Å². The van der Waals surface area contributed by atoms with Crippen molar-refractivity contribution in [2.45, 2.75) is 26.2 Å². The number of carboxylic acids is 1. The van der Waals surface area contributed by atoms with Crippen LogP contribution in [0.4, 0.5) is 14.5 Å². The maximum absolute atomic E-state index is 13.9. The third-order valence-corrected chi connectivity index (χ3v) is 5.57. The van der Waals surface area contributed by atoms with Gasteiger partial charge in [-0.25, -0.2) is 13.6 Å². The molecule has 4 nitrogen and oxygen atoms in total. The van der Waals surface area contributed by atoms with Gasteiger partial charge in [-0.1, -0.05) is 51.1 Å². The van der Waals surface area contributed by atoms with Crippen molar-refractivity contribution in [1.29, 1.82) is 0 Å². The topological polar surface area (TPSA) is 66.4 Å². The van der Waals surface area contributed by atoms with Crippen LogP contribution in [-0.2, 0) is 5.41 Å². The van der Waals surface area contributed by atoms with Crippen LogP contribution in [0.3, 0.4) is 0 Å². The second kappa shape index (κ2) is 7.75. The van der Waals surface area contributed by atoms with Crippen molar-refractivity contribution in [3.8, 4) is 10.4 Å². The van der Waals surface area contributed by atoms with Crippen molar-refractivity contribution in [3.63, 3.8) is 0 Å². The molecule has 0 spiro atoms. The van der Waals surface area contributed by atoms with E-state index in [1.54, 1.807) is 0 Å². The number of carbonyl (C=O) groups excluding carboxylic acids is 1. The fourth-order valence-electron chi connectivity index (χ4n) is 2.82. The van der Waals surface area contributed by atoms with Gasteiger partial charge < -0.3 is 10.4 Å². The summed E-state index contributed by atoms with van der Waals surface area (Å²) in [5.74, 6) is -4.33. The number of nitrogens with one attached hydrogen (secondary N) is 1. The van der Waals surface area contributed by atoms with Crippen molar-refractivity contribution in [1.82, 2.24) is 0 Å². The minimum Gasteiger partial charge on any atom is -0.477 e. The highest BCUT2D eigenvalue weighted by Gasteiger charge is 2.22. The number of benzene rings is 2. The second-order valence-electron chi connectivity index (χ2n) is 7.54. The summed E-state index contributed by atoms with van der Waals surface area (Å²) in [5.41, 5.74) is 1.11. The van der Waals surface area contributed by atoms with Gasteiger partial charge in [0.05, 0.1) is 5.69 Å². The Morgan fingerprint density at radius 2 is 1.59 bits per heavy atom. The molecule has 0 radical (unpaired) electrons. The summed E-state index contributed by atoms with van der Waals surface area (Å²) in [7, 11) is 0. The Balaban J connectivity index is 1.95. The van der Waals surface area contributed by atoms with Crippen molar-refractivity contribution >= 4 is 28.9 Å². The van der Waals surface area contributed by atoms with Crippen LogP contribution < -0.4 is 5.32 Å². The highest BCUT2D eigenvalue weighted by Crippen LogP contribution is 2.36. The monoisotopic (exact) mass is 415 g/mol. The summed E-state index contributed by atoms with van der Waals surface area (Å²) < 4.78 is 27.7. The average Bonchev–Trinajstić information content (AvgIpc) is 3.05. The first-order valence-electron chi connectivity index (χ1n) is 8.81. The highest BCUT2D eigenvalue weighted by molar-refractivity contribution is 7.18. The quantitative estimate of drug-likeness (QED) is 0.554. The normalized spacial score (nSPS) is 11.3. The standard InChI is InChI=1S/C22H19F2NO3S/c1-22(2,3)13-9-7-12(8-10-13)17-11-16(19(29-17)21(27)28)25-20(26)18-14(23)5-4-6-15(18)24/h4-11H,1-3H3,(H,25,26)(H,27,28). The number of thiophene rings is 1. The molecule has 0 aliphatic rings. The molecule has 1 heterocycles. The molecule has 0 unspecified atom stereocenters. The molecule has 7 heteroatoms. The summed E-state index contributed by atoms with van der Waals surface area (Å²) in [5, 5.41) is 11.8. The average molecular weight is 415 g/mol. The van der Waals surface area contributed by atoms with Crippen LogP contribution in [0.25, 0.3) is 10.4 Å². The Kier molecular flexibility index (Phi) is 5.53. The van der Waals surface area contributed by atoms with Crippen LogP contribution in [0.15, 0.2) is 48.5 Å². The fourth-order valence-corrected chi connectivity index (χ4v) is 3.78. The summed E-state index contributed by atoms with van der Waals surface area (Å²) in [6.07, 6.45) is 0. The molecule has 0 fully saturated rings. The number of halogens is 2. The Hall–Kier alpha value is -3.06. The Bertz CT molecular complexity index is 1060. The second-order valence-corrected chi connectivity index (χ2v) is 8.59. The predicted octanol–water partition coefficient (Wildman–Crippen LogP) is 5.94. The summed E-state index contributed by atoms with van der Waals surface area (Å²) in [6, 6.07) is 12.2. The van der Waals surface area contributed by atoms with E-state index < -0.39 is 29.1 Å². The van der Waals surface area contributed by atoms with Crippen molar-refractivity contribution in [2.24, 2.45) is 0 Å². The molecule has 1 aromatic heterocycles. The lowest BCUT2D eigenvalue weighted by Gasteiger charge is -2.18. The molecule has 0 saturated heterocycles. The zero-order valence-electron chi connectivity index (χ0n) is 16.0. The highest BCUT2D eigenvalue weighted by atomic mass is 32.1. The molecule has 2 aromatic carbocycles. The first-order chi connectivity index (χ1) is 13.6. The van der Waals surface area contributed by atoms with Crippen LogP contribution in [0, 0.1) is 11.6 Å². The number of hydrogen-bond acceptors (Lipinski definition) is 3. The fraction of sp³-hybridized carbons (Fsp3) is 0.182. The zero-order valence-corrected chi connectivity index (χ0v) is 16.9. The molecular formula is C22H19F2NO3S. The van der Waals surface area contributed by atoms with Gasteiger partial charge in [0.2, 0.25) is 0 Å². The smallest absolute Gasteiger partial charge is 0.348 e. The van der Waals surface area contributed by atoms with Crippen molar-refractivity contribution in [3.05, 3.63) is 76.2 Å². The van der Waals surface area contributed by atoms with Gasteiger partial charge in [0, 0.05) is 4.88 Å². The number of aromatic carboxylic acids is 1. The molecule has 3 rings (SSSR count).